The van der Waals surface area contributed by atoms with Crippen LogP contribution < -0.4 is 5.32 Å². The van der Waals surface area contributed by atoms with Crippen LogP contribution in [-0.2, 0) is 6.42 Å². The largest absolute Gasteiger partial charge is 0.309 e. The molecule has 0 saturated carbocycles. The van der Waals surface area contributed by atoms with E-state index in [-0.39, 0.29) is 5.54 Å². The number of benzene rings is 1. The molecule has 0 radical (unpaired) electrons. The standard InChI is InChI=1S/C16H24F2N2/c1-4-16(3)11-20(12(2)10-19-16)6-5-13-7-14(17)9-15(18)8-13/h7-9,12,19H,4-6,10-11H2,1-3H3. The van der Waals surface area contributed by atoms with Crippen LogP contribution in [-0.4, -0.2) is 36.1 Å². The average Bonchev–Trinajstić information content (AvgIpc) is 2.39. The van der Waals surface area contributed by atoms with Gasteiger partial charge in [0.2, 0.25) is 0 Å². The second-order valence-corrected chi connectivity index (χ2v) is 6.14. The van der Waals surface area contributed by atoms with Gasteiger partial charge in [-0.3, -0.25) is 4.90 Å². The summed E-state index contributed by atoms with van der Waals surface area (Å²) in [5, 5.41) is 3.58. The highest BCUT2D eigenvalue weighted by atomic mass is 19.1. The zero-order chi connectivity index (χ0) is 14.8. The lowest BCUT2D eigenvalue weighted by Crippen LogP contribution is -2.62. The maximum absolute atomic E-state index is 13.2. The van der Waals surface area contributed by atoms with Crippen LogP contribution in [0, 0.1) is 11.6 Å². The molecule has 4 heteroatoms. The molecule has 0 bridgehead atoms. The van der Waals surface area contributed by atoms with Gasteiger partial charge in [-0.1, -0.05) is 6.92 Å². The van der Waals surface area contributed by atoms with Gasteiger partial charge in [-0.25, -0.2) is 8.78 Å². The first kappa shape index (κ1) is 15.4. The van der Waals surface area contributed by atoms with E-state index in [9.17, 15) is 8.78 Å². The fourth-order valence-electron chi connectivity index (χ4n) is 2.75. The second kappa shape index (κ2) is 6.19. The molecule has 0 aromatic heterocycles. The molecule has 1 aromatic carbocycles. The summed E-state index contributed by atoms with van der Waals surface area (Å²) in [5.74, 6) is -0.987. The van der Waals surface area contributed by atoms with Crippen molar-refractivity contribution in [3.8, 4) is 0 Å². The smallest absolute Gasteiger partial charge is 0.126 e. The van der Waals surface area contributed by atoms with Crippen molar-refractivity contribution >= 4 is 0 Å². The van der Waals surface area contributed by atoms with Crippen molar-refractivity contribution in [2.24, 2.45) is 0 Å². The van der Waals surface area contributed by atoms with Gasteiger partial charge >= 0.3 is 0 Å². The van der Waals surface area contributed by atoms with Gasteiger partial charge in [0.15, 0.2) is 0 Å². The summed E-state index contributed by atoms with van der Waals surface area (Å²) in [6.07, 6.45) is 1.75. The lowest BCUT2D eigenvalue weighted by Gasteiger charge is -2.45. The van der Waals surface area contributed by atoms with Crippen molar-refractivity contribution in [1.82, 2.24) is 10.2 Å². The average molecular weight is 282 g/mol. The molecule has 0 amide bonds. The lowest BCUT2D eigenvalue weighted by molar-refractivity contribution is 0.0943. The predicted octanol–water partition coefficient (Wildman–Crippen LogP) is 2.97. The van der Waals surface area contributed by atoms with Crippen LogP contribution in [0.2, 0.25) is 0 Å². The third-order valence-electron chi connectivity index (χ3n) is 4.39. The Hall–Kier alpha value is -1.00. The molecule has 0 aliphatic carbocycles. The van der Waals surface area contributed by atoms with Crippen LogP contribution in [0.1, 0.15) is 32.8 Å². The molecule has 1 fully saturated rings. The SMILES string of the molecule is CCC1(C)CN(CCc2cc(F)cc(F)c2)C(C)CN1. The van der Waals surface area contributed by atoms with Gasteiger partial charge < -0.3 is 5.32 Å². The van der Waals surface area contributed by atoms with Crippen molar-refractivity contribution < 1.29 is 8.78 Å². The van der Waals surface area contributed by atoms with Gasteiger partial charge in [0.05, 0.1) is 0 Å². The number of piperazine rings is 1. The van der Waals surface area contributed by atoms with Crippen LogP contribution in [0.15, 0.2) is 18.2 Å². The van der Waals surface area contributed by atoms with Crippen LogP contribution in [0.4, 0.5) is 8.78 Å². The Morgan fingerprint density at radius 1 is 1.30 bits per heavy atom. The number of nitrogens with zero attached hydrogens (tertiary/aromatic N) is 1. The molecule has 112 valence electrons. The molecule has 2 nitrogen and oxygen atoms in total. The van der Waals surface area contributed by atoms with E-state index >= 15 is 0 Å². The minimum Gasteiger partial charge on any atom is -0.309 e. The minimum atomic E-state index is -0.494. The molecule has 1 saturated heterocycles. The Morgan fingerprint density at radius 3 is 2.55 bits per heavy atom. The zero-order valence-electron chi connectivity index (χ0n) is 12.5. The van der Waals surface area contributed by atoms with E-state index in [1.54, 1.807) is 0 Å². The second-order valence-electron chi connectivity index (χ2n) is 6.14. The van der Waals surface area contributed by atoms with Crippen LogP contribution in [0.25, 0.3) is 0 Å². The summed E-state index contributed by atoms with van der Waals surface area (Å²) in [5.41, 5.74) is 0.867. The normalized spacial score (nSPS) is 27.8. The molecule has 1 aromatic rings. The lowest BCUT2D eigenvalue weighted by atomic mass is 9.93. The van der Waals surface area contributed by atoms with Crippen molar-refractivity contribution in [2.75, 3.05) is 19.6 Å². The van der Waals surface area contributed by atoms with Crippen molar-refractivity contribution in [3.05, 3.63) is 35.4 Å². The molecule has 1 aliphatic rings. The van der Waals surface area contributed by atoms with Crippen LogP contribution >= 0.6 is 0 Å². The summed E-state index contributed by atoms with van der Waals surface area (Å²) >= 11 is 0. The van der Waals surface area contributed by atoms with Gasteiger partial charge in [0.1, 0.15) is 11.6 Å². The van der Waals surface area contributed by atoms with Crippen molar-refractivity contribution in [3.63, 3.8) is 0 Å². The van der Waals surface area contributed by atoms with Crippen molar-refractivity contribution in [2.45, 2.75) is 45.2 Å². The summed E-state index contributed by atoms with van der Waals surface area (Å²) in [6.45, 7) is 9.37. The maximum Gasteiger partial charge on any atom is 0.126 e. The van der Waals surface area contributed by atoms with E-state index in [0.717, 1.165) is 37.7 Å². The van der Waals surface area contributed by atoms with E-state index in [0.29, 0.717) is 12.5 Å². The Balaban J connectivity index is 1.98. The first-order valence-corrected chi connectivity index (χ1v) is 7.36. The number of nitrogens with one attached hydrogen (secondary N) is 1. The molecule has 2 atom stereocenters. The maximum atomic E-state index is 13.2. The fraction of sp³-hybridized carbons (Fsp3) is 0.625. The Kier molecular flexibility index (Phi) is 4.76. The first-order valence-electron chi connectivity index (χ1n) is 7.36. The summed E-state index contributed by atoms with van der Waals surface area (Å²) < 4.78 is 26.4. The van der Waals surface area contributed by atoms with Gasteiger partial charge in [-0.05, 0) is 44.4 Å². The molecular formula is C16H24F2N2. The number of halogens is 2. The minimum absolute atomic E-state index is 0.139. The highest BCUT2D eigenvalue weighted by Crippen LogP contribution is 2.19. The number of hydrogen-bond acceptors (Lipinski definition) is 2. The van der Waals surface area contributed by atoms with E-state index in [1.165, 1.54) is 12.1 Å². The zero-order valence-corrected chi connectivity index (χ0v) is 12.5. The van der Waals surface area contributed by atoms with E-state index in [1.807, 2.05) is 0 Å². The summed E-state index contributed by atoms with van der Waals surface area (Å²) in [7, 11) is 0. The fourth-order valence-corrected chi connectivity index (χ4v) is 2.75. The van der Waals surface area contributed by atoms with Gasteiger partial charge in [0.25, 0.3) is 0 Å². The van der Waals surface area contributed by atoms with Crippen molar-refractivity contribution in [1.29, 1.82) is 0 Å². The van der Waals surface area contributed by atoms with E-state index in [2.05, 4.69) is 31.0 Å². The number of hydrogen-bond donors (Lipinski definition) is 1. The Labute approximate surface area is 120 Å². The molecular weight excluding hydrogens is 258 g/mol. The topological polar surface area (TPSA) is 15.3 Å². The highest BCUT2D eigenvalue weighted by Gasteiger charge is 2.32. The monoisotopic (exact) mass is 282 g/mol. The van der Waals surface area contributed by atoms with E-state index < -0.39 is 11.6 Å². The highest BCUT2D eigenvalue weighted by molar-refractivity contribution is 5.18. The predicted molar refractivity (Wildman–Crippen MR) is 77.8 cm³/mol. The van der Waals surface area contributed by atoms with E-state index in [4.69, 9.17) is 0 Å². The third kappa shape index (κ3) is 3.76. The quantitative estimate of drug-likeness (QED) is 0.913. The molecule has 0 spiro atoms. The molecule has 20 heavy (non-hydrogen) atoms. The summed E-state index contributed by atoms with van der Waals surface area (Å²) in [6, 6.07) is 4.22. The molecule has 2 unspecified atom stereocenters. The molecule has 2 rings (SSSR count). The van der Waals surface area contributed by atoms with Gasteiger partial charge in [-0.2, -0.15) is 0 Å². The van der Waals surface area contributed by atoms with Crippen LogP contribution in [0.3, 0.4) is 0 Å². The van der Waals surface area contributed by atoms with Crippen LogP contribution in [0.5, 0.6) is 0 Å². The number of rotatable bonds is 4. The van der Waals surface area contributed by atoms with Gasteiger partial charge in [-0.15, -0.1) is 0 Å². The van der Waals surface area contributed by atoms with Gasteiger partial charge in [0, 0.05) is 37.3 Å². The molecule has 1 N–H and O–H groups in total. The molecule has 1 heterocycles. The summed E-state index contributed by atoms with van der Waals surface area (Å²) in [4.78, 5) is 2.41. The third-order valence-corrected chi connectivity index (χ3v) is 4.39. The Morgan fingerprint density at radius 2 is 1.95 bits per heavy atom. The Bertz CT molecular complexity index is 444. The first-order chi connectivity index (χ1) is 9.42. The molecule has 1 aliphatic heterocycles.